The summed E-state index contributed by atoms with van der Waals surface area (Å²) in [6, 6.07) is 48.6. The second kappa shape index (κ2) is 16.2. The zero-order valence-electron chi connectivity index (χ0n) is 30.2. The molecule has 5 aromatic carbocycles. The Kier molecular flexibility index (Phi) is 10.6. The molecule has 2 amide bonds. The number of β-lactam (4-membered cyclic amide) rings is 1. The third-order valence-electron chi connectivity index (χ3n) is 9.89. The van der Waals surface area contributed by atoms with Crippen LogP contribution in [0.5, 0.6) is 0 Å². The molecule has 0 spiro atoms. The second-order valence-electron chi connectivity index (χ2n) is 13.3. The van der Waals surface area contributed by atoms with Crippen LogP contribution in [0.2, 0.25) is 0 Å². The highest BCUT2D eigenvalue weighted by molar-refractivity contribution is 8.00. The minimum Gasteiger partial charge on any atom is -0.448 e. The highest BCUT2D eigenvalue weighted by atomic mass is 32.2. The van der Waals surface area contributed by atoms with Crippen molar-refractivity contribution in [2.45, 2.75) is 29.5 Å². The van der Waals surface area contributed by atoms with Gasteiger partial charge >= 0.3 is 5.97 Å². The van der Waals surface area contributed by atoms with Gasteiger partial charge in [0.25, 0.3) is 5.91 Å². The third kappa shape index (κ3) is 7.14. The Balaban J connectivity index is 0.982. The molecular weight excluding hydrogens is 739 g/mol. The van der Waals surface area contributed by atoms with Gasteiger partial charge in [0.15, 0.2) is 11.9 Å². The number of hydrogen-bond acceptors (Lipinski definition) is 9. The molecule has 0 aliphatic carbocycles. The van der Waals surface area contributed by atoms with E-state index < -0.39 is 40.8 Å². The first kappa shape index (κ1) is 36.7. The van der Waals surface area contributed by atoms with Crippen molar-refractivity contribution in [3.63, 3.8) is 0 Å². The summed E-state index contributed by atoms with van der Waals surface area (Å²) in [5.41, 5.74) is 4.57. The fraction of sp³-hybridized carbons (Fsp3) is 0.133. The number of carbonyl (C=O) groups excluding carboxylic acids is 3. The van der Waals surface area contributed by atoms with E-state index in [1.54, 1.807) is 6.08 Å². The van der Waals surface area contributed by atoms with Gasteiger partial charge in [0.05, 0.1) is 6.42 Å². The van der Waals surface area contributed by atoms with E-state index in [9.17, 15) is 14.4 Å². The number of carbonyl (C=O) groups is 3. The average Bonchev–Trinajstić information content (AvgIpc) is 3.70. The molecule has 2 aliphatic heterocycles. The fourth-order valence-corrected chi connectivity index (χ4v) is 9.20. The fourth-order valence-electron chi connectivity index (χ4n) is 7.22. The number of benzene rings is 5. The number of thioether (sulfide) groups is 1. The van der Waals surface area contributed by atoms with Gasteiger partial charge in [-0.05, 0) is 33.4 Å². The molecule has 2 atom stereocenters. The van der Waals surface area contributed by atoms with E-state index in [0.29, 0.717) is 22.3 Å². The van der Waals surface area contributed by atoms with Crippen LogP contribution in [0.1, 0.15) is 39.7 Å². The first-order chi connectivity index (χ1) is 27.5. The van der Waals surface area contributed by atoms with Gasteiger partial charge in [0.1, 0.15) is 22.7 Å². The van der Waals surface area contributed by atoms with Crippen LogP contribution >= 0.6 is 23.3 Å². The predicted octanol–water partition coefficient (Wildman–Crippen LogP) is 7.66. The minimum atomic E-state index is -0.834. The van der Waals surface area contributed by atoms with Gasteiger partial charge in [-0.2, -0.15) is 4.37 Å². The average molecular weight is 776 g/mol. The van der Waals surface area contributed by atoms with Crippen LogP contribution in [-0.4, -0.2) is 49.2 Å². The molecule has 1 saturated heterocycles. The highest BCUT2D eigenvalue weighted by Crippen LogP contribution is 2.43. The Labute approximate surface area is 333 Å². The Morgan fingerprint density at radius 3 is 1.80 bits per heavy atom. The zero-order chi connectivity index (χ0) is 38.5. The third-order valence-corrected chi connectivity index (χ3v) is 11.9. The summed E-state index contributed by atoms with van der Waals surface area (Å²) in [5, 5.41) is 6.62. The van der Waals surface area contributed by atoms with E-state index in [0.717, 1.165) is 27.8 Å². The van der Waals surface area contributed by atoms with E-state index >= 15 is 0 Å². The highest BCUT2D eigenvalue weighted by Gasteiger charge is 2.54. The molecule has 0 radical (unpaired) electrons. The van der Waals surface area contributed by atoms with Crippen molar-refractivity contribution >= 4 is 46.2 Å². The Bertz CT molecular complexity index is 2240. The molecule has 8 rings (SSSR count). The van der Waals surface area contributed by atoms with Gasteiger partial charge in [-0.3, -0.25) is 14.5 Å². The molecule has 56 heavy (non-hydrogen) atoms. The topological polar surface area (TPSA) is 114 Å². The number of amides is 2. The summed E-state index contributed by atoms with van der Waals surface area (Å²) in [5.74, 6) is -0.687. The number of rotatable bonds is 13. The van der Waals surface area contributed by atoms with Crippen LogP contribution in [-0.2, 0) is 31.1 Å². The molecule has 1 fully saturated rings. The molecule has 11 heteroatoms. The summed E-state index contributed by atoms with van der Waals surface area (Å²) < 4.78 is 10.7. The number of esters is 1. The van der Waals surface area contributed by atoms with Gasteiger partial charge < -0.3 is 15.4 Å². The summed E-state index contributed by atoms with van der Waals surface area (Å²) in [6.07, 6.45) is 0.764. The van der Waals surface area contributed by atoms with Crippen LogP contribution in [0.4, 0.5) is 5.13 Å². The Hall–Kier alpha value is -6.30. The first-order valence-corrected chi connectivity index (χ1v) is 20.0. The maximum absolute atomic E-state index is 14.0. The van der Waals surface area contributed by atoms with Gasteiger partial charge in [-0.1, -0.05) is 164 Å². The van der Waals surface area contributed by atoms with E-state index in [1.807, 2.05) is 115 Å². The number of fused-ring (bicyclic) bond motifs is 1. The van der Waals surface area contributed by atoms with Crippen molar-refractivity contribution in [3.8, 4) is 0 Å². The largest absolute Gasteiger partial charge is 0.448 e. The molecule has 9 nitrogen and oxygen atoms in total. The van der Waals surface area contributed by atoms with Crippen molar-refractivity contribution in [2.24, 2.45) is 0 Å². The normalized spacial score (nSPS) is 16.4. The molecule has 2 aliphatic rings. The quantitative estimate of drug-likeness (QED) is 0.0699. The smallest absolute Gasteiger partial charge is 0.356 e. The maximum Gasteiger partial charge on any atom is 0.356 e. The number of nitrogens with one attached hydrogen (secondary N) is 2. The lowest BCUT2D eigenvalue weighted by Gasteiger charge is -2.49. The maximum atomic E-state index is 14.0. The van der Waals surface area contributed by atoms with E-state index in [2.05, 4.69) is 58.0 Å². The van der Waals surface area contributed by atoms with Gasteiger partial charge in [0.2, 0.25) is 11.0 Å². The number of anilines is 1. The van der Waals surface area contributed by atoms with Crippen LogP contribution in [0.25, 0.3) is 0 Å². The zero-order valence-corrected chi connectivity index (χ0v) is 31.8. The van der Waals surface area contributed by atoms with Crippen molar-refractivity contribution in [1.82, 2.24) is 19.6 Å². The molecular formula is C45H37N5O4S2. The second-order valence-corrected chi connectivity index (χ2v) is 15.2. The lowest BCUT2D eigenvalue weighted by atomic mass is 9.77. The molecule has 1 aromatic heterocycles. The van der Waals surface area contributed by atoms with Crippen LogP contribution in [0.3, 0.4) is 0 Å². The van der Waals surface area contributed by atoms with Gasteiger partial charge in [0, 0.05) is 17.3 Å². The van der Waals surface area contributed by atoms with Crippen molar-refractivity contribution < 1.29 is 19.1 Å². The molecule has 0 bridgehead atoms. The number of aromatic nitrogens is 2. The summed E-state index contributed by atoms with van der Waals surface area (Å²) in [4.78, 5) is 47.4. The number of hydrogen-bond donors (Lipinski definition) is 2. The monoisotopic (exact) mass is 775 g/mol. The van der Waals surface area contributed by atoms with Crippen molar-refractivity contribution in [3.05, 3.63) is 209 Å². The van der Waals surface area contributed by atoms with Crippen molar-refractivity contribution in [1.29, 1.82) is 0 Å². The molecule has 1 unspecified atom stereocenters. The summed E-state index contributed by atoms with van der Waals surface area (Å²) >= 11 is 2.63. The van der Waals surface area contributed by atoms with E-state index in [4.69, 9.17) is 9.72 Å². The molecule has 0 saturated carbocycles. The molecule has 278 valence electrons. The van der Waals surface area contributed by atoms with Crippen molar-refractivity contribution in [2.75, 3.05) is 11.1 Å². The standard InChI is InChI=1S/C45H37N5O4S2/c1-2-30-29-55-42-38(41(52)50(42)39(30)43(53)54-40(31-18-8-3-9-19-31)32-20-10-4-11-21-32)47-37(51)28-36-46-44(56-49-36)48-45(33-22-12-5-13-23-33,34-24-14-6-15-25-34)35-26-16-7-17-27-35/h2-27,38,40,42H,1,28-29H2,(H,47,51)(H,46,48,49)/t38?,42-/m0/s1. The lowest BCUT2D eigenvalue weighted by Crippen LogP contribution is -2.70. The number of ether oxygens (including phenoxy) is 1. The van der Waals surface area contributed by atoms with E-state index in [-0.39, 0.29) is 12.1 Å². The van der Waals surface area contributed by atoms with Crippen LogP contribution in [0.15, 0.2) is 176 Å². The SMILES string of the molecule is C=CC1=C(C(=O)OC(c2ccccc2)c2ccccc2)N2C(=O)C(NC(=O)Cc3nsc(NC(c4ccccc4)(c4ccccc4)c4ccccc4)n3)[C@@H]2SC1. The van der Waals surface area contributed by atoms with Crippen LogP contribution in [0, 0.1) is 0 Å². The first-order valence-electron chi connectivity index (χ1n) is 18.1. The lowest BCUT2D eigenvalue weighted by molar-refractivity contribution is -0.154. The molecule has 2 N–H and O–H groups in total. The minimum absolute atomic E-state index is 0.132. The van der Waals surface area contributed by atoms with Crippen LogP contribution < -0.4 is 10.6 Å². The number of nitrogens with zero attached hydrogens (tertiary/aromatic N) is 3. The van der Waals surface area contributed by atoms with Gasteiger partial charge in [-0.25, -0.2) is 9.78 Å². The van der Waals surface area contributed by atoms with E-state index in [1.165, 1.54) is 28.2 Å². The Morgan fingerprint density at radius 2 is 1.30 bits per heavy atom. The predicted molar refractivity (Wildman–Crippen MR) is 220 cm³/mol. The Morgan fingerprint density at radius 1 is 0.804 bits per heavy atom. The molecule has 3 heterocycles. The molecule has 6 aromatic rings. The summed E-state index contributed by atoms with van der Waals surface area (Å²) in [7, 11) is 0. The summed E-state index contributed by atoms with van der Waals surface area (Å²) in [6.45, 7) is 3.91. The van der Waals surface area contributed by atoms with Gasteiger partial charge in [-0.15, -0.1) is 11.8 Å². The number of allylic oxidation sites excluding steroid dienone is 1.